The summed E-state index contributed by atoms with van der Waals surface area (Å²) in [6, 6.07) is 48.7. The van der Waals surface area contributed by atoms with Crippen molar-refractivity contribution >= 4 is 33.5 Å². The molecule has 0 unspecified atom stereocenters. The summed E-state index contributed by atoms with van der Waals surface area (Å²) >= 11 is 6.32. The van der Waals surface area contributed by atoms with Gasteiger partial charge in [0.15, 0.2) is 17.5 Å². The molecule has 8 aromatic rings. The van der Waals surface area contributed by atoms with Crippen molar-refractivity contribution in [3.05, 3.63) is 151 Å². The van der Waals surface area contributed by atoms with Crippen molar-refractivity contribution in [3.63, 3.8) is 0 Å². The fraction of sp³-hybridized carbons (Fsp3) is 0. The average molecular weight is 586 g/mol. The Kier molecular flexibility index (Phi) is 6.47. The summed E-state index contributed by atoms with van der Waals surface area (Å²) in [7, 11) is 0. The van der Waals surface area contributed by atoms with Gasteiger partial charge < -0.3 is 4.42 Å². The number of nitrogens with zero attached hydrogens (tertiary/aromatic N) is 3. The van der Waals surface area contributed by atoms with Crippen LogP contribution < -0.4 is 0 Å². The van der Waals surface area contributed by atoms with E-state index >= 15 is 0 Å². The molecule has 0 radical (unpaired) electrons. The van der Waals surface area contributed by atoms with Crippen LogP contribution in [0.3, 0.4) is 0 Å². The number of halogens is 1. The van der Waals surface area contributed by atoms with E-state index in [1.165, 1.54) is 0 Å². The van der Waals surface area contributed by atoms with Crippen LogP contribution in [0.4, 0.5) is 0 Å². The predicted molar refractivity (Wildman–Crippen MR) is 179 cm³/mol. The van der Waals surface area contributed by atoms with Gasteiger partial charge in [-0.15, -0.1) is 0 Å². The maximum Gasteiger partial charge on any atom is 0.164 e. The lowest BCUT2D eigenvalue weighted by Crippen LogP contribution is -2.00. The summed E-state index contributed by atoms with van der Waals surface area (Å²) in [4.78, 5) is 15.1. The zero-order chi connectivity index (χ0) is 29.5. The predicted octanol–water partition coefficient (Wildman–Crippen LogP) is 10.8. The number of hydrogen-bond donors (Lipinski definition) is 0. The van der Waals surface area contributed by atoms with E-state index in [-0.39, 0.29) is 0 Å². The molecule has 2 aromatic heterocycles. The van der Waals surface area contributed by atoms with Gasteiger partial charge in [0.1, 0.15) is 11.2 Å². The first kappa shape index (κ1) is 26.1. The maximum absolute atomic E-state index is 6.52. The van der Waals surface area contributed by atoms with Crippen LogP contribution in [0.15, 0.2) is 150 Å². The van der Waals surface area contributed by atoms with Gasteiger partial charge in [0.2, 0.25) is 0 Å². The first-order valence-corrected chi connectivity index (χ1v) is 14.8. The zero-order valence-electron chi connectivity index (χ0n) is 23.5. The van der Waals surface area contributed by atoms with Crippen molar-refractivity contribution in [2.45, 2.75) is 0 Å². The fourth-order valence-electron chi connectivity index (χ4n) is 5.71. The van der Waals surface area contributed by atoms with E-state index in [2.05, 4.69) is 42.5 Å². The Hall–Kier alpha value is -5.58. The molecule has 0 atom stereocenters. The Morgan fingerprint density at radius 1 is 0.432 bits per heavy atom. The molecular formula is C39H24ClN3O. The van der Waals surface area contributed by atoms with Crippen LogP contribution in [0.1, 0.15) is 0 Å². The summed E-state index contributed by atoms with van der Waals surface area (Å²) in [5.74, 6) is 1.77. The van der Waals surface area contributed by atoms with E-state index in [1.54, 1.807) is 0 Å². The second-order valence-corrected chi connectivity index (χ2v) is 11.0. The van der Waals surface area contributed by atoms with Gasteiger partial charge in [-0.25, -0.2) is 15.0 Å². The van der Waals surface area contributed by atoms with Crippen LogP contribution in [-0.4, -0.2) is 15.0 Å². The van der Waals surface area contributed by atoms with Gasteiger partial charge in [-0.3, -0.25) is 0 Å². The largest absolute Gasteiger partial charge is 0.455 e. The molecule has 0 spiro atoms. The molecular weight excluding hydrogens is 562 g/mol. The first-order chi connectivity index (χ1) is 21.7. The van der Waals surface area contributed by atoms with Gasteiger partial charge in [0, 0.05) is 38.0 Å². The highest BCUT2D eigenvalue weighted by molar-refractivity contribution is 6.30. The Morgan fingerprint density at radius 3 is 1.77 bits per heavy atom. The van der Waals surface area contributed by atoms with E-state index in [1.807, 2.05) is 103 Å². The van der Waals surface area contributed by atoms with Crippen molar-refractivity contribution in [1.29, 1.82) is 0 Å². The third kappa shape index (κ3) is 4.72. The van der Waals surface area contributed by atoms with E-state index in [0.29, 0.717) is 22.5 Å². The quantitative estimate of drug-likeness (QED) is 0.201. The molecule has 5 heteroatoms. The van der Waals surface area contributed by atoms with Crippen LogP contribution in [-0.2, 0) is 0 Å². The minimum Gasteiger partial charge on any atom is -0.455 e. The summed E-state index contributed by atoms with van der Waals surface area (Å²) in [5, 5.41) is 2.68. The molecule has 0 bridgehead atoms. The van der Waals surface area contributed by atoms with Crippen molar-refractivity contribution in [1.82, 2.24) is 15.0 Å². The molecule has 0 saturated carbocycles. The number of hydrogen-bond acceptors (Lipinski definition) is 4. The Bertz CT molecular complexity index is 2300. The molecule has 8 rings (SSSR count). The normalized spacial score (nSPS) is 11.3. The van der Waals surface area contributed by atoms with Crippen LogP contribution in [0.5, 0.6) is 0 Å². The van der Waals surface area contributed by atoms with Crippen LogP contribution in [0, 0.1) is 0 Å². The van der Waals surface area contributed by atoms with Gasteiger partial charge in [0.25, 0.3) is 0 Å². The Labute approximate surface area is 259 Å². The number of rotatable bonds is 5. The third-order valence-electron chi connectivity index (χ3n) is 7.80. The van der Waals surface area contributed by atoms with Gasteiger partial charge in [-0.2, -0.15) is 0 Å². The molecule has 0 aliphatic heterocycles. The van der Waals surface area contributed by atoms with E-state index in [0.717, 1.165) is 60.9 Å². The first-order valence-electron chi connectivity index (χ1n) is 14.4. The minimum atomic E-state index is 0.582. The lowest BCUT2D eigenvalue weighted by atomic mass is 9.98. The lowest BCUT2D eigenvalue weighted by molar-refractivity contribution is 0.670. The zero-order valence-corrected chi connectivity index (χ0v) is 24.2. The SMILES string of the molecule is Clc1cccc(-c2cccc(-c3nc(-c4ccccc4)nc(-c4ccc(-c5ccccc5)c5oc6ccccc6c45)n3)c2)c1. The van der Waals surface area contributed by atoms with E-state index in [9.17, 15) is 0 Å². The summed E-state index contributed by atoms with van der Waals surface area (Å²) in [6.07, 6.45) is 0. The van der Waals surface area contributed by atoms with E-state index in [4.69, 9.17) is 31.0 Å². The lowest BCUT2D eigenvalue weighted by Gasteiger charge is -2.11. The van der Waals surface area contributed by atoms with Gasteiger partial charge in [0.05, 0.1) is 0 Å². The molecule has 0 amide bonds. The molecule has 0 fully saturated rings. The van der Waals surface area contributed by atoms with E-state index < -0.39 is 0 Å². The Balaban J connectivity index is 1.38. The molecule has 208 valence electrons. The number of aromatic nitrogens is 3. The number of fused-ring (bicyclic) bond motifs is 3. The van der Waals surface area contributed by atoms with Crippen LogP contribution in [0.2, 0.25) is 5.02 Å². The summed E-state index contributed by atoms with van der Waals surface area (Å²) in [5.41, 5.74) is 8.48. The average Bonchev–Trinajstić information content (AvgIpc) is 3.48. The second kappa shape index (κ2) is 10.9. The van der Waals surface area contributed by atoms with Crippen molar-refractivity contribution in [3.8, 4) is 56.4 Å². The van der Waals surface area contributed by atoms with Crippen LogP contribution in [0.25, 0.3) is 78.4 Å². The molecule has 2 heterocycles. The number of benzene rings is 6. The molecule has 0 saturated heterocycles. The second-order valence-electron chi connectivity index (χ2n) is 10.6. The standard InChI is InChI=1S/C39H24ClN3O/c40-30-18-10-16-28(24-30)27-15-9-17-29(23-27)38-41-37(26-13-5-2-6-14-26)42-39(43-38)33-22-21-31(25-11-3-1-4-12-25)36-35(33)32-19-7-8-20-34(32)44-36/h1-24H. The number of furan rings is 1. The smallest absolute Gasteiger partial charge is 0.164 e. The highest BCUT2D eigenvalue weighted by atomic mass is 35.5. The topological polar surface area (TPSA) is 51.8 Å². The van der Waals surface area contributed by atoms with Gasteiger partial charge in [-0.05, 0) is 53.1 Å². The summed E-state index contributed by atoms with van der Waals surface area (Å²) < 4.78 is 6.52. The molecule has 6 aromatic carbocycles. The van der Waals surface area contributed by atoms with Crippen molar-refractivity contribution < 1.29 is 4.42 Å². The highest BCUT2D eigenvalue weighted by Crippen LogP contribution is 2.41. The fourth-order valence-corrected chi connectivity index (χ4v) is 5.90. The monoisotopic (exact) mass is 585 g/mol. The highest BCUT2D eigenvalue weighted by Gasteiger charge is 2.20. The summed E-state index contributed by atoms with van der Waals surface area (Å²) in [6.45, 7) is 0. The van der Waals surface area contributed by atoms with Gasteiger partial charge in [-0.1, -0.05) is 121 Å². The molecule has 0 aliphatic carbocycles. The molecule has 4 nitrogen and oxygen atoms in total. The number of para-hydroxylation sites is 1. The molecule has 0 N–H and O–H groups in total. The third-order valence-corrected chi connectivity index (χ3v) is 8.03. The van der Waals surface area contributed by atoms with Crippen molar-refractivity contribution in [2.75, 3.05) is 0 Å². The van der Waals surface area contributed by atoms with Crippen LogP contribution >= 0.6 is 11.6 Å². The molecule has 44 heavy (non-hydrogen) atoms. The van der Waals surface area contributed by atoms with Gasteiger partial charge >= 0.3 is 0 Å². The minimum absolute atomic E-state index is 0.582. The molecule has 0 aliphatic rings. The Morgan fingerprint density at radius 2 is 1.00 bits per heavy atom. The maximum atomic E-state index is 6.52. The van der Waals surface area contributed by atoms with Crippen molar-refractivity contribution in [2.24, 2.45) is 0 Å².